The molecule has 0 saturated carbocycles. The van der Waals surface area contributed by atoms with Gasteiger partial charge in [-0.3, -0.25) is 9.59 Å². The van der Waals surface area contributed by atoms with Crippen LogP contribution in [0.5, 0.6) is 5.75 Å². The van der Waals surface area contributed by atoms with Crippen LogP contribution in [-0.2, 0) is 4.79 Å². The molecule has 1 N–H and O–H groups in total. The standard InChI is InChI=1S/C24H17Cl2NO4/c1-14-7-8-20-19(9-14)22(29)24(23(31-20)15-5-3-2-4-6-15)30-13-21(28)27-18-11-16(25)10-17(26)12-18/h2-12H,13H2,1H3,(H,27,28). The Morgan fingerprint density at radius 3 is 2.42 bits per heavy atom. The molecule has 0 fully saturated rings. The van der Waals surface area contributed by atoms with Gasteiger partial charge in [-0.25, -0.2) is 0 Å². The molecule has 4 aromatic rings. The predicted octanol–water partition coefficient (Wildman–Crippen LogP) is 6.09. The van der Waals surface area contributed by atoms with Gasteiger partial charge in [0.05, 0.1) is 5.39 Å². The van der Waals surface area contributed by atoms with Crippen molar-refractivity contribution in [2.75, 3.05) is 11.9 Å². The third-order valence-corrected chi connectivity index (χ3v) is 4.97. The van der Waals surface area contributed by atoms with Crippen molar-refractivity contribution >= 4 is 45.8 Å². The number of hydrogen-bond donors (Lipinski definition) is 1. The van der Waals surface area contributed by atoms with Crippen molar-refractivity contribution in [1.29, 1.82) is 0 Å². The zero-order valence-corrected chi connectivity index (χ0v) is 18.0. The molecule has 0 radical (unpaired) electrons. The first kappa shape index (κ1) is 21.0. The summed E-state index contributed by atoms with van der Waals surface area (Å²) in [4.78, 5) is 25.6. The minimum atomic E-state index is -0.471. The van der Waals surface area contributed by atoms with Gasteiger partial charge in [-0.15, -0.1) is 0 Å². The second-order valence-corrected chi connectivity index (χ2v) is 7.82. The third-order valence-electron chi connectivity index (χ3n) is 4.53. The van der Waals surface area contributed by atoms with Crippen molar-refractivity contribution in [2.45, 2.75) is 6.92 Å². The molecule has 0 aliphatic rings. The number of halogens is 2. The van der Waals surface area contributed by atoms with Crippen LogP contribution in [0, 0.1) is 6.92 Å². The Bertz CT molecular complexity index is 1310. The van der Waals surface area contributed by atoms with Crippen LogP contribution < -0.4 is 15.5 Å². The van der Waals surface area contributed by atoms with E-state index in [1.807, 2.05) is 31.2 Å². The van der Waals surface area contributed by atoms with Crippen LogP contribution in [0.3, 0.4) is 0 Å². The molecule has 7 heteroatoms. The highest BCUT2D eigenvalue weighted by Gasteiger charge is 2.19. The molecule has 0 spiro atoms. The number of benzene rings is 3. The highest BCUT2D eigenvalue weighted by molar-refractivity contribution is 6.35. The zero-order chi connectivity index (χ0) is 22.0. The van der Waals surface area contributed by atoms with Crippen molar-refractivity contribution < 1.29 is 13.9 Å². The monoisotopic (exact) mass is 453 g/mol. The third kappa shape index (κ3) is 4.74. The number of nitrogens with one attached hydrogen (secondary N) is 1. The summed E-state index contributed by atoms with van der Waals surface area (Å²) in [5.41, 5.74) is 2.10. The number of carbonyl (C=O) groups is 1. The van der Waals surface area contributed by atoms with Gasteiger partial charge < -0.3 is 14.5 Å². The normalized spacial score (nSPS) is 10.8. The van der Waals surface area contributed by atoms with Crippen molar-refractivity contribution in [3.05, 3.63) is 92.6 Å². The predicted molar refractivity (Wildman–Crippen MR) is 123 cm³/mol. The Kier molecular flexibility index (Phi) is 5.98. The van der Waals surface area contributed by atoms with E-state index in [1.54, 1.807) is 42.5 Å². The highest BCUT2D eigenvalue weighted by atomic mass is 35.5. The summed E-state index contributed by atoms with van der Waals surface area (Å²) in [6, 6.07) is 19.2. The van der Waals surface area contributed by atoms with E-state index in [9.17, 15) is 9.59 Å². The Balaban J connectivity index is 1.67. The van der Waals surface area contributed by atoms with E-state index in [0.717, 1.165) is 5.56 Å². The molecule has 0 bridgehead atoms. The molecular formula is C24H17Cl2NO4. The maximum atomic E-state index is 13.2. The molecule has 0 aliphatic carbocycles. The second-order valence-electron chi connectivity index (χ2n) is 6.95. The minimum Gasteiger partial charge on any atom is -0.476 e. The van der Waals surface area contributed by atoms with Crippen LogP contribution in [0.2, 0.25) is 10.0 Å². The fourth-order valence-electron chi connectivity index (χ4n) is 3.16. The first-order valence-electron chi connectivity index (χ1n) is 9.42. The van der Waals surface area contributed by atoms with Crippen LogP contribution in [0.1, 0.15) is 5.56 Å². The van der Waals surface area contributed by atoms with Crippen LogP contribution >= 0.6 is 23.2 Å². The lowest BCUT2D eigenvalue weighted by molar-refractivity contribution is -0.118. The summed E-state index contributed by atoms with van der Waals surface area (Å²) in [5.74, 6) is -0.231. The summed E-state index contributed by atoms with van der Waals surface area (Å²) >= 11 is 11.9. The molecule has 0 atom stereocenters. The van der Waals surface area contributed by atoms with Crippen molar-refractivity contribution in [3.8, 4) is 17.1 Å². The SMILES string of the molecule is Cc1ccc2oc(-c3ccccc3)c(OCC(=O)Nc3cc(Cl)cc(Cl)c3)c(=O)c2c1. The van der Waals surface area contributed by atoms with Gasteiger partial charge in [0.1, 0.15) is 5.58 Å². The smallest absolute Gasteiger partial charge is 0.262 e. The molecule has 0 saturated heterocycles. The topological polar surface area (TPSA) is 68.5 Å². The van der Waals surface area contributed by atoms with Gasteiger partial charge in [-0.05, 0) is 37.3 Å². The van der Waals surface area contributed by atoms with Crippen LogP contribution in [0.4, 0.5) is 5.69 Å². The number of ether oxygens (including phenoxy) is 1. The van der Waals surface area contributed by atoms with Crippen molar-refractivity contribution in [2.24, 2.45) is 0 Å². The molecule has 5 nitrogen and oxygen atoms in total. The number of hydrogen-bond acceptors (Lipinski definition) is 4. The summed E-state index contributed by atoms with van der Waals surface area (Å²) in [5, 5.41) is 3.82. The van der Waals surface area contributed by atoms with Crippen molar-refractivity contribution in [3.63, 3.8) is 0 Å². The van der Waals surface area contributed by atoms with E-state index in [1.165, 1.54) is 0 Å². The lowest BCUT2D eigenvalue weighted by Crippen LogP contribution is -2.22. The van der Waals surface area contributed by atoms with Gasteiger partial charge in [0.2, 0.25) is 11.2 Å². The van der Waals surface area contributed by atoms with Gasteiger partial charge in [0.25, 0.3) is 5.91 Å². The van der Waals surface area contributed by atoms with Crippen LogP contribution in [-0.4, -0.2) is 12.5 Å². The average Bonchev–Trinajstić information content (AvgIpc) is 2.73. The number of aryl methyl sites for hydroxylation is 1. The first-order chi connectivity index (χ1) is 14.9. The Morgan fingerprint density at radius 1 is 1.00 bits per heavy atom. The van der Waals surface area contributed by atoms with Gasteiger partial charge in [0.15, 0.2) is 12.4 Å². The quantitative estimate of drug-likeness (QED) is 0.396. The summed E-state index contributed by atoms with van der Waals surface area (Å²) < 4.78 is 11.7. The molecule has 31 heavy (non-hydrogen) atoms. The minimum absolute atomic E-state index is 0.0245. The number of fused-ring (bicyclic) bond motifs is 1. The van der Waals surface area contributed by atoms with Gasteiger partial charge >= 0.3 is 0 Å². The van der Waals surface area contributed by atoms with E-state index >= 15 is 0 Å². The molecule has 0 aliphatic heterocycles. The Labute approximate surface area is 188 Å². The maximum Gasteiger partial charge on any atom is 0.262 e. The molecule has 156 valence electrons. The van der Waals surface area contributed by atoms with Crippen LogP contribution in [0.25, 0.3) is 22.3 Å². The first-order valence-corrected chi connectivity index (χ1v) is 10.2. The van der Waals surface area contributed by atoms with Gasteiger partial charge in [-0.2, -0.15) is 0 Å². The number of amides is 1. The Morgan fingerprint density at radius 2 is 1.71 bits per heavy atom. The van der Waals surface area contributed by atoms with E-state index in [-0.39, 0.29) is 16.9 Å². The largest absolute Gasteiger partial charge is 0.476 e. The molecule has 3 aromatic carbocycles. The number of anilines is 1. The fourth-order valence-corrected chi connectivity index (χ4v) is 3.69. The van der Waals surface area contributed by atoms with E-state index in [0.29, 0.717) is 32.3 Å². The van der Waals surface area contributed by atoms with Crippen molar-refractivity contribution in [1.82, 2.24) is 0 Å². The number of rotatable bonds is 5. The fraction of sp³-hybridized carbons (Fsp3) is 0.0833. The lowest BCUT2D eigenvalue weighted by atomic mass is 10.1. The van der Waals surface area contributed by atoms with E-state index in [4.69, 9.17) is 32.4 Å². The lowest BCUT2D eigenvalue weighted by Gasteiger charge is -2.12. The zero-order valence-electron chi connectivity index (χ0n) is 16.4. The highest BCUT2D eigenvalue weighted by Crippen LogP contribution is 2.31. The van der Waals surface area contributed by atoms with E-state index < -0.39 is 12.5 Å². The summed E-state index contributed by atoms with van der Waals surface area (Å²) in [6.07, 6.45) is 0. The summed E-state index contributed by atoms with van der Waals surface area (Å²) in [6.45, 7) is 1.49. The molecule has 4 rings (SSSR count). The summed E-state index contributed by atoms with van der Waals surface area (Å²) in [7, 11) is 0. The van der Waals surface area contributed by atoms with Gasteiger partial charge in [0, 0.05) is 21.3 Å². The van der Waals surface area contributed by atoms with Gasteiger partial charge in [-0.1, -0.05) is 65.2 Å². The maximum absolute atomic E-state index is 13.2. The Hall–Kier alpha value is -3.28. The number of carbonyl (C=O) groups excluding carboxylic acids is 1. The van der Waals surface area contributed by atoms with E-state index in [2.05, 4.69) is 5.32 Å². The van der Waals surface area contributed by atoms with Crippen LogP contribution in [0.15, 0.2) is 75.9 Å². The second kappa shape index (κ2) is 8.84. The average molecular weight is 454 g/mol. The molecular weight excluding hydrogens is 437 g/mol. The molecule has 0 unspecified atom stereocenters. The molecule has 1 aromatic heterocycles. The molecule has 1 amide bonds. The molecule has 1 heterocycles.